The molecule has 1 aliphatic rings. The summed E-state index contributed by atoms with van der Waals surface area (Å²) in [5.74, 6) is 0.418. The number of likely N-dealkylation sites (N-methyl/N-ethyl adjacent to an activating group) is 1. The minimum atomic E-state index is 0.105. The summed E-state index contributed by atoms with van der Waals surface area (Å²) in [7, 11) is 2.08. The van der Waals surface area contributed by atoms with E-state index < -0.39 is 0 Å². The Hall–Kier alpha value is -0.810. The highest BCUT2D eigenvalue weighted by Crippen LogP contribution is 2.07. The lowest BCUT2D eigenvalue weighted by Crippen LogP contribution is -2.37. The Bertz CT molecular complexity index is 226. The van der Waals surface area contributed by atoms with E-state index in [2.05, 4.69) is 22.0 Å². The summed E-state index contributed by atoms with van der Waals surface area (Å²) >= 11 is 0. The maximum Gasteiger partial charge on any atom is 0.143 e. The second kappa shape index (κ2) is 6.70. The van der Waals surface area contributed by atoms with Crippen LogP contribution in [0.4, 0.5) is 0 Å². The van der Waals surface area contributed by atoms with E-state index in [9.17, 15) is 0 Å². The van der Waals surface area contributed by atoms with Gasteiger partial charge in [-0.25, -0.2) is 0 Å². The Balaban J connectivity index is 2.16. The highest BCUT2D eigenvalue weighted by Gasteiger charge is 2.14. The molecule has 1 heterocycles. The van der Waals surface area contributed by atoms with Gasteiger partial charge in [0, 0.05) is 25.6 Å². The maximum atomic E-state index is 8.56. The molecule has 1 aliphatic heterocycles. The van der Waals surface area contributed by atoms with Crippen LogP contribution in [0.15, 0.2) is 5.16 Å². The van der Waals surface area contributed by atoms with Gasteiger partial charge in [-0.05, 0) is 33.0 Å². The predicted octanol–water partition coefficient (Wildman–Crippen LogP) is 0.397. The number of nitrogens with two attached hydrogens (primary N) is 1. The molecule has 0 aromatic carbocycles. The van der Waals surface area contributed by atoms with E-state index in [0.29, 0.717) is 5.84 Å². The first kappa shape index (κ1) is 13.3. The Kier molecular flexibility index (Phi) is 5.55. The van der Waals surface area contributed by atoms with Gasteiger partial charge in [0.15, 0.2) is 0 Å². The minimum Gasteiger partial charge on any atom is -0.409 e. The highest BCUT2D eigenvalue weighted by atomic mass is 16.4. The summed E-state index contributed by atoms with van der Waals surface area (Å²) < 4.78 is 0. The SMILES string of the molecule is CC(CN(C)CCN1CCCC1)C(N)=NO. The van der Waals surface area contributed by atoms with Crippen molar-refractivity contribution < 1.29 is 5.21 Å². The number of likely N-dealkylation sites (tertiary alicyclic amines) is 1. The molecule has 94 valence electrons. The molecule has 0 aliphatic carbocycles. The molecule has 0 spiro atoms. The topological polar surface area (TPSA) is 65.1 Å². The van der Waals surface area contributed by atoms with E-state index in [0.717, 1.165) is 19.6 Å². The Morgan fingerprint density at radius 3 is 2.69 bits per heavy atom. The van der Waals surface area contributed by atoms with E-state index in [1.807, 2.05) is 6.92 Å². The van der Waals surface area contributed by atoms with Gasteiger partial charge in [-0.2, -0.15) is 0 Å². The fourth-order valence-corrected chi connectivity index (χ4v) is 2.07. The summed E-state index contributed by atoms with van der Waals surface area (Å²) in [6.07, 6.45) is 2.68. The average molecular weight is 228 g/mol. The van der Waals surface area contributed by atoms with Crippen LogP contribution in [0.2, 0.25) is 0 Å². The summed E-state index contributed by atoms with van der Waals surface area (Å²) in [4.78, 5) is 4.73. The number of hydrogen-bond donors (Lipinski definition) is 2. The molecule has 5 heteroatoms. The quantitative estimate of drug-likeness (QED) is 0.299. The number of hydrogen-bond acceptors (Lipinski definition) is 4. The van der Waals surface area contributed by atoms with Crippen LogP contribution in [0.5, 0.6) is 0 Å². The van der Waals surface area contributed by atoms with Crippen LogP contribution in [0.1, 0.15) is 19.8 Å². The molecule has 0 saturated carbocycles. The third-order valence-electron chi connectivity index (χ3n) is 3.20. The van der Waals surface area contributed by atoms with Crippen LogP contribution in [-0.4, -0.2) is 60.6 Å². The normalized spacial score (nSPS) is 20.6. The second-order valence-corrected chi connectivity index (χ2v) is 4.74. The van der Waals surface area contributed by atoms with Crippen molar-refractivity contribution in [1.82, 2.24) is 9.80 Å². The minimum absolute atomic E-state index is 0.105. The fraction of sp³-hybridized carbons (Fsp3) is 0.909. The summed E-state index contributed by atoms with van der Waals surface area (Å²) in [5.41, 5.74) is 5.55. The third-order valence-corrected chi connectivity index (χ3v) is 3.20. The van der Waals surface area contributed by atoms with Crippen molar-refractivity contribution in [2.45, 2.75) is 19.8 Å². The van der Waals surface area contributed by atoms with Crippen molar-refractivity contribution in [2.75, 3.05) is 39.8 Å². The number of rotatable bonds is 6. The van der Waals surface area contributed by atoms with Gasteiger partial charge in [0.25, 0.3) is 0 Å². The van der Waals surface area contributed by atoms with Crippen molar-refractivity contribution in [3.05, 3.63) is 0 Å². The molecule has 0 aromatic rings. The zero-order valence-corrected chi connectivity index (χ0v) is 10.4. The van der Waals surface area contributed by atoms with E-state index in [-0.39, 0.29) is 5.92 Å². The Morgan fingerprint density at radius 2 is 2.12 bits per heavy atom. The molecule has 1 saturated heterocycles. The van der Waals surface area contributed by atoms with Crippen LogP contribution in [0, 0.1) is 5.92 Å². The van der Waals surface area contributed by atoms with E-state index in [1.165, 1.54) is 25.9 Å². The molecule has 1 fully saturated rings. The zero-order chi connectivity index (χ0) is 12.0. The van der Waals surface area contributed by atoms with Crippen molar-refractivity contribution in [2.24, 2.45) is 16.8 Å². The lowest BCUT2D eigenvalue weighted by atomic mass is 10.1. The predicted molar refractivity (Wildman–Crippen MR) is 65.7 cm³/mol. The molecule has 0 bridgehead atoms. The fourth-order valence-electron chi connectivity index (χ4n) is 2.07. The summed E-state index contributed by atoms with van der Waals surface area (Å²) in [6, 6.07) is 0. The molecular formula is C11H24N4O. The first-order valence-corrected chi connectivity index (χ1v) is 6.01. The van der Waals surface area contributed by atoms with Gasteiger partial charge < -0.3 is 20.7 Å². The largest absolute Gasteiger partial charge is 0.409 e. The lowest BCUT2D eigenvalue weighted by molar-refractivity contribution is 0.246. The molecule has 1 unspecified atom stereocenters. The Labute approximate surface area is 97.9 Å². The van der Waals surface area contributed by atoms with Crippen molar-refractivity contribution in [3.63, 3.8) is 0 Å². The number of oxime groups is 1. The zero-order valence-electron chi connectivity index (χ0n) is 10.4. The van der Waals surface area contributed by atoms with Gasteiger partial charge in [-0.15, -0.1) is 0 Å². The second-order valence-electron chi connectivity index (χ2n) is 4.74. The molecule has 5 nitrogen and oxygen atoms in total. The van der Waals surface area contributed by atoms with E-state index in [4.69, 9.17) is 10.9 Å². The highest BCUT2D eigenvalue weighted by molar-refractivity contribution is 5.82. The molecule has 0 aromatic heterocycles. The van der Waals surface area contributed by atoms with Crippen molar-refractivity contribution in [3.8, 4) is 0 Å². The standard InChI is InChI=1S/C11H24N4O/c1-10(11(12)13-16)9-14(2)7-8-15-5-3-4-6-15/h10,16H,3-9H2,1-2H3,(H2,12,13). The third kappa shape index (κ3) is 4.37. The van der Waals surface area contributed by atoms with Gasteiger partial charge in [-0.3, -0.25) is 0 Å². The average Bonchev–Trinajstić information content (AvgIpc) is 2.78. The van der Waals surface area contributed by atoms with Crippen molar-refractivity contribution >= 4 is 5.84 Å². The summed E-state index contributed by atoms with van der Waals surface area (Å²) in [5, 5.41) is 11.6. The van der Waals surface area contributed by atoms with E-state index in [1.54, 1.807) is 0 Å². The van der Waals surface area contributed by atoms with Gasteiger partial charge in [0.1, 0.15) is 5.84 Å². The van der Waals surface area contributed by atoms with Crippen LogP contribution in [-0.2, 0) is 0 Å². The van der Waals surface area contributed by atoms with E-state index >= 15 is 0 Å². The number of nitrogens with zero attached hydrogens (tertiary/aromatic N) is 3. The molecule has 1 rings (SSSR count). The molecule has 3 N–H and O–H groups in total. The van der Waals surface area contributed by atoms with Gasteiger partial charge in [0.2, 0.25) is 0 Å². The van der Waals surface area contributed by atoms with Gasteiger partial charge in [0.05, 0.1) is 0 Å². The smallest absolute Gasteiger partial charge is 0.143 e. The molecule has 16 heavy (non-hydrogen) atoms. The van der Waals surface area contributed by atoms with Crippen LogP contribution in [0.3, 0.4) is 0 Å². The Morgan fingerprint density at radius 1 is 1.50 bits per heavy atom. The monoisotopic (exact) mass is 228 g/mol. The number of amidine groups is 1. The van der Waals surface area contributed by atoms with Crippen molar-refractivity contribution in [1.29, 1.82) is 0 Å². The van der Waals surface area contributed by atoms with Crippen LogP contribution < -0.4 is 5.73 Å². The molecular weight excluding hydrogens is 204 g/mol. The van der Waals surface area contributed by atoms with Gasteiger partial charge in [-0.1, -0.05) is 12.1 Å². The van der Waals surface area contributed by atoms with Crippen LogP contribution in [0.25, 0.3) is 0 Å². The van der Waals surface area contributed by atoms with Gasteiger partial charge >= 0.3 is 0 Å². The molecule has 0 radical (unpaired) electrons. The lowest BCUT2D eigenvalue weighted by Gasteiger charge is -2.23. The summed E-state index contributed by atoms with van der Waals surface area (Å²) in [6.45, 7) is 7.46. The first-order valence-electron chi connectivity index (χ1n) is 6.01. The first-order chi connectivity index (χ1) is 7.63. The van der Waals surface area contributed by atoms with Crippen LogP contribution >= 0.6 is 0 Å². The maximum absolute atomic E-state index is 8.56. The molecule has 1 atom stereocenters. The molecule has 0 amide bonds.